The molecule has 0 saturated carbocycles. The summed E-state index contributed by atoms with van der Waals surface area (Å²) in [7, 11) is 3.35. The van der Waals surface area contributed by atoms with Crippen LogP contribution in [-0.4, -0.2) is 60.7 Å². The van der Waals surface area contributed by atoms with E-state index in [-0.39, 0.29) is 18.5 Å². The Hall–Kier alpha value is -2.50. The first kappa shape index (κ1) is 22.5. The largest absolute Gasteiger partial charge is 0.491 e. The van der Waals surface area contributed by atoms with Gasteiger partial charge in [-0.25, -0.2) is 4.79 Å². The highest BCUT2D eigenvalue weighted by Crippen LogP contribution is 2.15. The number of ether oxygens (including phenoxy) is 2. The first-order chi connectivity index (χ1) is 12.5. The molecule has 0 bridgehead atoms. The van der Waals surface area contributed by atoms with Crippen LogP contribution in [0.1, 0.15) is 33.3 Å². The Labute approximate surface area is 162 Å². The van der Waals surface area contributed by atoms with E-state index in [2.05, 4.69) is 0 Å². The molecular weight excluding hydrogens is 344 g/mol. The Balaban J connectivity index is 2.79. The number of nitrogens with zero attached hydrogens (tertiary/aromatic N) is 2. The van der Waals surface area contributed by atoms with Gasteiger partial charge in [0.15, 0.2) is 0 Å². The number of hydrogen-bond donors (Lipinski definition) is 0. The number of likely N-dealkylation sites (N-methyl/N-ethyl adjacent to an activating group) is 1. The number of rotatable bonds is 7. The number of carbonyl (C=O) groups is 2. The summed E-state index contributed by atoms with van der Waals surface area (Å²) in [5, 5.41) is 0. The third-order valence-corrected chi connectivity index (χ3v) is 3.68. The van der Waals surface area contributed by atoms with Gasteiger partial charge >= 0.3 is 6.09 Å². The maximum atomic E-state index is 12.6. The molecule has 0 fully saturated rings. The highest BCUT2D eigenvalue weighted by molar-refractivity contribution is 5.87. The van der Waals surface area contributed by atoms with Crippen LogP contribution >= 0.6 is 0 Å². The molecule has 0 spiro atoms. The molecule has 27 heavy (non-hydrogen) atoms. The molecule has 0 aromatic heterocycles. The molecule has 1 rings (SSSR count). The molecule has 6 heteroatoms. The van der Waals surface area contributed by atoms with Gasteiger partial charge in [0.05, 0.1) is 6.04 Å². The second-order valence-electron chi connectivity index (χ2n) is 7.74. The zero-order valence-corrected chi connectivity index (χ0v) is 17.5. The highest BCUT2D eigenvalue weighted by atomic mass is 16.6. The van der Waals surface area contributed by atoms with E-state index in [9.17, 15) is 9.59 Å². The number of carbonyl (C=O) groups excluding carboxylic acids is 2. The quantitative estimate of drug-likeness (QED) is 0.682. The van der Waals surface area contributed by atoms with Crippen molar-refractivity contribution in [2.24, 2.45) is 0 Å². The summed E-state index contributed by atoms with van der Waals surface area (Å²) >= 11 is 0. The summed E-state index contributed by atoms with van der Waals surface area (Å²) in [6, 6.07) is 7.51. The van der Waals surface area contributed by atoms with Crippen molar-refractivity contribution in [2.45, 2.75) is 46.3 Å². The normalized spacial score (nSPS) is 12.6. The van der Waals surface area contributed by atoms with Gasteiger partial charge in [0, 0.05) is 26.7 Å². The van der Waals surface area contributed by atoms with Crippen LogP contribution in [0.15, 0.2) is 36.4 Å². The van der Waals surface area contributed by atoms with Crippen LogP contribution in [0.25, 0.3) is 0 Å². The van der Waals surface area contributed by atoms with Crippen molar-refractivity contribution in [1.82, 2.24) is 9.80 Å². The summed E-state index contributed by atoms with van der Waals surface area (Å²) < 4.78 is 11.3. The molecule has 1 aromatic rings. The summed E-state index contributed by atoms with van der Waals surface area (Å²) in [6.07, 6.45) is 2.67. The van der Waals surface area contributed by atoms with Crippen molar-refractivity contribution in [3.05, 3.63) is 42.0 Å². The molecule has 0 saturated heterocycles. The summed E-state index contributed by atoms with van der Waals surface area (Å²) in [6.45, 7) is 9.94. The maximum absolute atomic E-state index is 12.6. The zero-order valence-electron chi connectivity index (χ0n) is 17.5. The first-order valence-corrected chi connectivity index (χ1v) is 9.06. The van der Waals surface area contributed by atoms with Gasteiger partial charge in [-0.1, -0.05) is 23.8 Å². The Morgan fingerprint density at radius 1 is 1.15 bits per heavy atom. The number of amides is 2. The molecule has 0 aliphatic heterocycles. The van der Waals surface area contributed by atoms with Crippen LogP contribution in [0, 0.1) is 6.92 Å². The van der Waals surface area contributed by atoms with E-state index in [0.29, 0.717) is 6.61 Å². The summed E-state index contributed by atoms with van der Waals surface area (Å²) in [5.74, 6) is 0.609. The van der Waals surface area contributed by atoms with Crippen molar-refractivity contribution in [3.63, 3.8) is 0 Å². The molecule has 1 atom stereocenters. The summed E-state index contributed by atoms with van der Waals surface area (Å²) in [5.41, 5.74) is 0.553. The van der Waals surface area contributed by atoms with E-state index >= 15 is 0 Å². The van der Waals surface area contributed by atoms with Crippen LogP contribution in [0.2, 0.25) is 0 Å². The van der Waals surface area contributed by atoms with E-state index in [4.69, 9.17) is 9.47 Å². The molecule has 1 aromatic carbocycles. The molecule has 0 N–H and O–H groups in total. The van der Waals surface area contributed by atoms with Gasteiger partial charge in [0.2, 0.25) is 5.91 Å². The average molecular weight is 376 g/mol. The van der Waals surface area contributed by atoms with E-state index in [1.165, 1.54) is 11.0 Å². The van der Waals surface area contributed by atoms with E-state index in [1.807, 2.05) is 58.9 Å². The Morgan fingerprint density at radius 3 is 2.26 bits per heavy atom. The van der Waals surface area contributed by atoms with Crippen molar-refractivity contribution in [1.29, 1.82) is 0 Å². The fraction of sp³-hybridized carbons (Fsp3) is 0.524. The van der Waals surface area contributed by atoms with Crippen LogP contribution in [-0.2, 0) is 9.53 Å². The van der Waals surface area contributed by atoms with Crippen molar-refractivity contribution >= 4 is 12.0 Å². The molecule has 6 nitrogen and oxygen atoms in total. The van der Waals surface area contributed by atoms with Gasteiger partial charge in [0.25, 0.3) is 0 Å². The fourth-order valence-corrected chi connectivity index (χ4v) is 2.11. The monoisotopic (exact) mass is 376 g/mol. The second-order valence-corrected chi connectivity index (χ2v) is 7.74. The predicted octanol–water partition coefficient (Wildman–Crippen LogP) is 3.64. The Kier molecular flexibility index (Phi) is 8.34. The molecule has 1 unspecified atom stereocenters. The minimum Gasteiger partial charge on any atom is -0.491 e. The lowest BCUT2D eigenvalue weighted by atomic mass is 10.2. The molecule has 0 radical (unpaired) electrons. The third kappa shape index (κ3) is 8.62. The van der Waals surface area contributed by atoms with Gasteiger partial charge in [-0.3, -0.25) is 9.69 Å². The number of hydrogen-bond acceptors (Lipinski definition) is 4. The van der Waals surface area contributed by atoms with Crippen LogP contribution in [0.5, 0.6) is 5.75 Å². The topological polar surface area (TPSA) is 59.1 Å². The van der Waals surface area contributed by atoms with Gasteiger partial charge < -0.3 is 14.4 Å². The third-order valence-electron chi connectivity index (χ3n) is 3.68. The molecule has 0 aliphatic rings. The Bertz CT molecular complexity index is 645. The standard InChI is InChI=1S/C21H32N2O4/c1-16-10-12-18(13-11-16)26-15-17(2)23(20(25)27-21(3,4)5)14-8-9-19(24)22(6)7/h8-13,17H,14-15H2,1-7H3/b9-8+. The number of benzene rings is 1. The number of aryl methyl sites for hydroxylation is 1. The molecule has 150 valence electrons. The van der Waals surface area contributed by atoms with Crippen LogP contribution in [0.3, 0.4) is 0 Å². The van der Waals surface area contributed by atoms with Gasteiger partial charge in [-0.15, -0.1) is 0 Å². The van der Waals surface area contributed by atoms with Crippen molar-refractivity contribution in [3.8, 4) is 5.75 Å². The lowest BCUT2D eigenvalue weighted by Crippen LogP contribution is -2.44. The van der Waals surface area contributed by atoms with Crippen LogP contribution in [0.4, 0.5) is 4.79 Å². The minimum atomic E-state index is -0.601. The average Bonchev–Trinajstić information content (AvgIpc) is 2.55. The van der Waals surface area contributed by atoms with Crippen LogP contribution < -0.4 is 4.74 Å². The first-order valence-electron chi connectivity index (χ1n) is 9.06. The SMILES string of the molecule is Cc1ccc(OCC(C)N(C/C=C/C(=O)N(C)C)C(=O)OC(C)(C)C)cc1. The van der Waals surface area contributed by atoms with Crippen molar-refractivity contribution < 1.29 is 19.1 Å². The van der Waals surface area contributed by atoms with Gasteiger partial charge in [0.1, 0.15) is 18.0 Å². The minimum absolute atomic E-state index is 0.136. The van der Waals surface area contributed by atoms with E-state index in [0.717, 1.165) is 11.3 Å². The lowest BCUT2D eigenvalue weighted by molar-refractivity contribution is -0.123. The predicted molar refractivity (Wildman–Crippen MR) is 107 cm³/mol. The van der Waals surface area contributed by atoms with E-state index < -0.39 is 11.7 Å². The molecule has 0 heterocycles. The summed E-state index contributed by atoms with van der Waals surface area (Å²) in [4.78, 5) is 27.3. The molecule has 0 aliphatic carbocycles. The smallest absolute Gasteiger partial charge is 0.410 e. The lowest BCUT2D eigenvalue weighted by Gasteiger charge is -2.31. The van der Waals surface area contributed by atoms with Crippen molar-refractivity contribution in [2.75, 3.05) is 27.2 Å². The highest BCUT2D eigenvalue weighted by Gasteiger charge is 2.25. The molecule has 2 amide bonds. The zero-order chi connectivity index (χ0) is 20.6. The Morgan fingerprint density at radius 2 is 1.74 bits per heavy atom. The van der Waals surface area contributed by atoms with Gasteiger partial charge in [-0.2, -0.15) is 0 Å². The second kappa shape index (κ2) is 10.00. The maximum Gasteiger partial charge on any atom is 0.410 e. The van der Waals surface area contributed by atoms with Gasteiger partial charge in [-0.05, 0) is 46.8 Å². The van der Waals surface area contributed by atoms with E-state index in [1.54, 1.807) is 25.1 Å². The fourth-order valence-electron chi connectivity index (χ4n) is 2.11. The molecular formula is C21H32N2O4.